The first kappa shape index (κ1) is 16.5. The number of esters is 1. The zero-order chi connectivity index (χ0) is 15.8. The Morgan fingerprint density at radius 3 is 2.76 bits per heavy atom. The minimum absolute atomic E-state index is 0.0638. The smallest absolute Gasteiger partial charge is 0.326 e. The molecule has 116 valence electrons. The zero-order valence-corrected chi connectivity index (χ0v) is 11.8. The molecule has 1 heterocycles. The Bertz CT molecular complexity index is 488. The molecule has 0 aromatic carbocycles. The summed E-state index contributed by atoms with van der Waals surface area (Å²) in [4.78, 5) is 41.8. The highest BCUT2D eigenvalue weighted by Gasteiger charge is 2.23. The molecule has 1 rings (SSSR count). The minimum Gasteiger partial charge on any atom is -0.480 e. The lowest BCUT2D eigenvalue weighted by atomic mass is 10.1. The second-order valence-electron chi connectivity index (χ2n) is 4.28. The standard InChI is InChI=1S/C12H18N4O5/c1-3-21-10(17)6-16(2)12(20)15-9(11(18)19)4-8-5-13-7-14-8/h5,7,9H,3-4,6H2,1-2H3,(H,13,14)(H,15,20)(H,18,19)/t9-/m0/s1. The molecule has 0 spiro atoms. The van der Waals surface area contributed by atoms with Gasteiger partial charge in [-0.3, -0.25) is 4.79 Å². The van der Waals surface area contributed by atoms with Gasteiger partial charge in [0.25, 0.3) is 0 Å². The number of likely N-dealkylation sites (N-methyl/N-ethyl adjacent to an activating group) is 1. The van der Waals surface area contributed by atoms with E-state index in [1.165, 1.54) is 19.6 Å². The van der Waals surface area contributed by atoms with Gasteiger partial charge < -0.3 is 25.0 Å². The van der Waals surface area contributed by atoms with E-state index < -0.39 is 24.0 Å². The van der Waals surface area contributed by atoms with Crippen molar-refractivity contribution in [2.45, 2.75) is 19.4 Å². The third-order valence-corrected chi connectivity index (χ3v) is 2.59. The molecule has 0 fully saturated rings. The maximum Gasteiger partial charge on any atom is 0.326 e. The third-order valence-electron chi connectivity index (χ3n) is 2.59. The molecule has 1 aromatic heterocycles. The van der Waals surface area contributed by atoms with Crippen LogP contribution < -0.4 is 5.32 Å². The van der Waals surface area contributed by atoms with Crippen LogP contribution in [0.5, 0.6) is 0 Å². The van der Waals surface area contributed by atoms with Crippen LogP contribution in [0.15, 0.2) is 12.5 Å². The highest BCUT2D eigenvalue weighted by atomic mass is 16.5. The number of nitrogens with one attached hydrogen (secondary N) is 2. The molecular formula is C12H18N4O5. The molecule has 0 aliphatic carbocycles. The summed E-state index contributed by atoms with van der Waals surface area (Å²) in [6.07, 6.45) is 2.96. The molecule has 3 N–H and O–H groups in total. The van der Waals surface area contributed by atoms with E-state index in [4.69, 9.17) is 9.84 Å². The summed E-state index contributed by atoms with van der Waals surface area (Å²) in [6, 6.07) is -1.79. The Hall–Kier alpha value is -2.58. The van der Waals surface area contributed by atoms with Crippen molar-refractivity contribution in [1.82, 2.24) is 20.2 Å². The summed E-state index contributed by atoms with van der Waals surface area (Å²) in [5.41, 5.74) is 0.579. The van der Waals surface area contributed by atoms with Crippen LogP contribution in [0.1, 0.15) is 12.6 Å². The molecule has 0 aliphatic heterocycles. The van der Waals surface area contributed by atoms with Crippen LogP contribution in [0.3, 0.4) is 0 Å². The van der Waals surface area contributed by atoms with Crippen molar-refractivity contribution in [3.63, 3.8) is 0 Å². The first-order valence-electron chi connectivity index (χ1n) is 6.31. The maximum absolute atomic E-state index is 11.8. The molecule has 21 heavy (non-hydrogen) atoms. The fraction of sp³-hybridized carbons (Fsp3) is 0.500. The molecule has 0 unspecified atom stereocenters. The minimum atomic E-state index is -1.18. The fourth-order valence-electron chi connectivity index (χ4n) is 1.55. The Balaban J connectivity index is 2.55. The number of rotatable bonds is 7. The van der Waals surface area contributed by atoms with Crippen LogP contribution in [0.4, 0.5) is 4.79 Å². The number of carboxylic acid groups (broad SMARTS) is 1. The highest BCUT2D eigenvalue weighted by molar-refractivity contribution is 5.85. The van der Waals surface area contributed by atoms with Gasteiger partial charge in [-0.1, -0.05) is 0 Å². The van der Waals surface area contributed by atoms with Crippen LogP contribution >= 0.6 is 0 Å². The molecule has 9 heteroatoms. The number of H-pyrrole nitrogens is 1. The van der Waals surface area contributed by atoms with Gasteiger partial charge in [0.1, 0.15) is 12.6 Å². The molecule has 0 saturated carbocycles. The largest absolute Gasteiger partial charge is 0.480 e. The molecule has 0 radical (unpaired) electrons. The van der Waals surface area contributed by atoms with Gasteiger partial charge in [0.05, 0.1) is 12.9 Å². The van der Waals surface area contributed by atoms with E-state index in [1.54, 1.807) is 6.92 Å². The number of carbonyl (C=O) groups is 3. The molecular weight excluding hydrogens is 280 g/mol. The fourth-order valence-corrected chi connectivity index (χ4v) is 1.55. The Morgan fingerprint density at radius 2 is 2.24 bits per heavy atom. The first-order valence-corrected chi connectivity index (χ1v) is 6.31. The van der Waals surface area contributed by atoms with E-state index in [0.29, 0.717) is 5.69 Å². The quantitative estimate of drug-likeness (QED) is 0.589. The second-order valence-corrected chi connectivity index (χ2v) is 4.28. The van der Waals surface area contributed by atoms with Crippen LogP contribution in [-0.2, 0) is 20.7 Å². The Labute approximate surface area is 121 Å². The van der Waals surface area contributed by atoms with E-state index in [9.17, 15) is 14.4 Å². The summed E-state index contributed by atoms with van der Waals surface area (Å²) in [7, 11) is 1.38. The summed E-state index contributed by atoms with van der Waals surface area (Å²) in [5.74, 6) is -1.74. The van der Waals surface area contributed by atoms with Crippen molar-refractivity contribution in [1.29, 1.82) is 0 Å². The summed E-state index contributed by atoms with van der Waals surface area (Å²) in [5, 5.41) is 11.4. The third kappa shape index (κ3) is 5.51. The van der Waals surface area contributed by atoms with Gasteiger partial charge in [-0.2, -0.15) is 0 Å². The van der Waals surface area contributed by atoms with Gasteiger partial charge in [-0.05, 0) is 6.92 Å². The first-order chi connectivity index (χ1) is 9.93. The Kier molecular flexibility index (Phi) is 6.18. The van der Waals surface area contributed by atoms with Gasteiger partial charge in [0, 0.05) is 25.4 Å². The molecule has 0 aliphatic rings. The van der Waals surface area contributed by atoms with E-state index in [1.807, 2.05) is 0 Å². The van der Waals surface area contributed by atoms with E-state index >= 15 is 0 Å². The number of nitrogens with zero attached hydrogens (tertiary/aromatic N) is 2. The number of hydrogen-bond acceptors (Lipinski definition) is 5. The molecule has 2 amide bonds. The molecule has 1 atom stereocenters. The number of imidazole rings is 1. The van der Waals surface area contributed by atoms with Gasteiger partial charge in [-0.15, -0.1) is 0 Å². The maximum atomic E-state index is 11.8. The molecule has 9 nitrogen and oxygen atoms in total. The van der Waals surface area contributed by atoms with Crippen molar-refractivity contribution in [2.24, 2.45) is 0 Å². The van der Waals surface area contributed by atoms with Gasteiger partial charge in [0.2, 0.25) is 0 Å². The van der Waals surface area contributed by atoms with Crippen LogP contribution in [-0.4, -0.2) is 64.2 Å². The number of aromatic nitrogens is 2. The van der Waals surface area contributed by atoms with E-state index in [-0.39, 0.29) is 19.6 Å². The number of ether oxygens (including phenoxy) is 1. The number of amides is 2. The Morgan fingerprint density at radius 1 is 1.52 bits per heavy atom. The van der Waals surface area contributed by atoms with Crippen LogP contribution in [0.25, 0.3) is 0 Å². The number of aliphatic carboxylic acids is 1. The highest BCUT2D eigenvalue weighted by Crippen LogP contribution is 2.00. The van der Waals surface area contributed by atoms with Crippen molar-refractivity contribution < 1.29 is 24.2 Å². The zero-order valence-electron chi connectivity index (χ0n) is 11.8. The monoisotopic (exact) mass is 298 g/mol. The van der Waals surface area contributed by atoms with Gasteiger partial charge in [0.15, 0.2) is 0 Å². The van der Waals surface area contributed by atoms with Crippen molar-refractivity contribution >= 4 is 18.0 Å². The number of aromatic amines is 1. The lowest BCUT2D eigenvalue weighted by Gasteiger charge is -2.20. The number of hydrogen-bond donors (Lipinski definition) is 3. The average Bonchev–Trinajstić information content (AvgIpc) is 2.90. The lowest BCUT2D eigenvalue weighted by molar-refractivity contribution is -0.143. The molecule has 0 bridgehead atoms. The molecule has 1 aromatic rings. The van der Waals surface area contributed by atoms with Crippen molar-refractivity contribution in [2.75, 3.05) is 20.2 Å². The predicted molar refractivity (Wildman–Crippen MR) is 71.5 cm³/mol. The van der Waals surface area contributed by atoms with Gasteiger partial charge >= 0.3 is 18.0 Å². The summed E-state index contributed by atoms with van der Waals surface area (Å²) >= 11 is 0. The van der Waals surface area contributed by atoms with Crippen molar-refractivity contribution in [3.05, 3.63) is 18.2 Å². The summed E-state index contributed by atoms with van der Waals surface area (Å²) in [6.45, 7) is 1.62. The van der Waals surface area contributed by atoms with E-state index in [2.05, 4.69) is 15.3 Å². The number of carboxylic acids is 1. The number of urea groups is 1. The molecule has 0 saturated heterocycles. The average molecular weight is 298 g/mol. The predicted octanol–water partition coefficient (Wildman–Crippen LogP) is -0.390. The van der Waals surface area contributed by atoms with Gasteiger partial charge in [-0.25, -0.2) is 14.6 Å². The second kappa shape index (κ2) is 7.88. The summed E-state index contributed by atoms with van der Waals surface area (Å²) < 4.78 is 4.71. The van der Waals surface area contributed by atoms with E-state index in [0.717, 1.165) is 4.90 Å². The normalized spacial score (nSPS) is 11.5. The topological polar surface area (TPSA) is 125 Å². The number of carbonyl (C=O) groups excluding carboxylic acids is 2. The van der Waals surface area contributed by atoms with Crippen molar-refractivity contribution in [3.8, 4) is 0 Å². The SMILES string of the molecule is CCOC(=O)CN(C)C(=O)N[C@@H](Cc1cnc[nH]1)C(=O)O. The lowest BCUT2D eigenvalue weighted by Crippen LogP contribution is -2.49. The van der Waals surface area contributed by atoms with Crippen LogP contribution in [0.2, 0.25) is 0 Å². The van der Waals surface area contributed by atoms with Crippen LogP contribution in [0, 0.1) is 0 Å².